The van der Waals surface area contributed by atoms with Gasteiger partial charge in [0.05, 0.1) is 17.0 Å². The lowest BCUT2D eigenvalue weighted by atomic mass is 9.94. The molecule has 4 aromatic carbocycles. The van der Waals surface area contributed by atoms with Gasteiger partial charge < -0.3 is 15.0 Å². The highest BCUT2D eigenvalue weighted by atomic mass is 35.5. The van der Waals surface area contributed by atoms with Crippen molar-refractivity contribution in [3.63, 3.8) is 0 Å². The molecule has 0 radical (unpaired) electrons. The van der Waals surface area contributed by atoms with E-state index < -0.39 is 22.3 Å². The second kappa shape index (κ2) is 11.5. The van der Waals surface area contributed by atoms with E-state index in [1.165, 1.54) is 12.1 Å². The number of anilines is 1. The van der Waals surface area contributed by atoms with Gasteiger partial charge in [0, 0.05) is 39.8 Å². The number of amides is 1. The highest BCUT2D eigenvalue weighted by Gasteiger charge is 2.26. The van der Waals surface area contributed by atoms with Crippen molar-refractivity contribution in [3.05, 3.63) is 130 Å². The van der Waals surface area contributed by atoms with E-state index in [0.717, 1.165) is 27.6 Å². The molecule has 1 amide bonds. The number of aromatic nitrogens is 1. The van der Waals surface area contributed by atoms with Crippen LogP contribution in [0.15, 0.2) is 102 Å². The van der Waals surface area contributed by atoms with Crippen LogP contribution >= 0.6 is 11.6 Å². The molecule has 2 atom stereocenters. The molecule has 7 nitrogen and oxygen atoms in total. The third-order valence-corrected chi connectivity index (χ3v) is 8.52. The number of benzene rings is 4. The number of carbonyl (C=O) groups is 1. The van der Waals surface area contributed by atoms with Gasteiger partial charge in [0.1, 0.15) is 0 Å². The third-order valence-electron chi connectivity index (χ3n) is 7.27. The van der Waals surface area contributed by atoms with Crippen LogP contribution in [0.5, 0.6) is 0 Å². The summed E-state index contributed by atoms with van der Waals surface area (Å²) in [5.74, 6) is -0.272. The first-order chi connectivity index (χ1) is 19.5. The minimum Gasteiger partial charge on any atom is -0.390 e. The molecule has 5 aromatic rings. The van der Waals surface area contributed by atoms with Crippen molar-refractivity contribution in [3.8, 4) is 0 Å². The predicted molar refractivity (Wildman–Crippen MR) is 161 cm³/mol. The average molecular weight is 589 g/mol. The minimum atomic E-state index is -4.38. The molecule has 0 unspecified atom stereocenters. The number of fused-ring (bicyclic) bond motifs is 1. The van der Waals surface area contributed by atoms with Crippen LogP contribution in [0, 0.1) is 13.8 Å². The van der Waals surface area contributed by atoms with Crippen molar-refractivity contribution >= 4 is 44.2 Å². The van der Waals surface area contributed by atoms with Gasteiger partial charge in [-0.05, 0) is 84.6 Å². The summed E-state index contributed by atoms with van der Waals surface area (Å²) in [6.45, 7) is 3.71. The minimum absolute atomic E-state index is 0.154. The number of aliphatic hydroxyl groups is 1. The largest absolute Gasteiger partial charge is 0.390 e. The van der Waals surface area contributed by atoms with Gasteiger partial charge in [0.15, 0.2) is 0 Å². The van der Waals surface area contributed by atoms with E-state index in [4.69, 9.17) is 11.6 Å². The zero-order valence-electron chi connectivity index (χ0n) is 22.5. The summed E-state index contributed by atoms with van der Waals surface area (Å²) < 4.78 is 35.0. The summed E-state index contributed by atoms with van der Waals surface area (Å²) in [6, 6.07) is 26.1. The van der Waals surface area contributed by atoms with Gasteiger partial charge >= 0.3 is 0 Å². The molecule has 41 heavy (non-hydrogen) atoms. The van der Waals surface area contributed by atoms with E-state index in [1.807, 2.05) is 73.1 Å². The number of nitrogens with zero attached hydrogens (tertiary/aromatic N) is 1. The molecular formula is C32H29ClN2O5S. The van der Waals surface area contributed by atoms with Crippen molar-refractivity contribution < 1.29 is 22.9 Å². The Morgan fingerprint density at radius 3 is 2.37 bits per heavy atom. The Morgan fingerprint density at radius 2 is 1.66 bits per heavy atom. The lowest BCUT2D eigenvalue weighted by Crippen LogP contribution is -2.27. The molecule has 0 fully saturated rings. The van der Waals surface area contributed by atoms with Crippen LogP contribution in [0.2, 0.25) is 5.02 Å². The Bertz CT molecular complexity index is 1850. The van der Waals surface area contributed by atoms with Crippen LogP contribution in [0.25, 0.3) is 10.9 Å². The molecule has 0 saturated heterocycles. The van der Waals surface area contributed by atoms with Crippen molar-refractivity contribution in [2.45, 2.75) is 37.3 Å². The zero-order chi connectivity index (χ0) is 29.3. The van der Waals surface area contributed by atoms with Gasteiger partial charge in [-0.15, -0.1) is 0 Å². The Morgan fingerprint density at radius 1 is 0.927 bits per heavy atom. The maximum atomic E-state index is 12.8. The van der Waals surface area contributed by atoms with Crippen molar-refractivity contribution in [2.24, 2.45) is 0 Å². The van der Waals surface area contributed by atoms with E-state index >= 15 is 0 Å². The average Bonchev–Trinajstić information content (AvgIpc) is 3.34. The molecule has 1 aromatic heterocycles. The van der Waals surface area contributed by atoms with Crippen molar-refractivity contribution in [2.75, 3.05) is 5.32 Å². The van der Waals surface area contributed by atoms with Gasteiger partial charge in [-0.2, -0.15) is 8.42 Å². The molecule has 0 spiro atoms. The van der Waals surface area contributed by atoms with E-state index in [9.17, 15) is 22.9 Å². The standard InChI is InChI=1S/C32H29ClN2O5S/c1-20-9-12-27(41(38,39)40)17-25(20)19-30(36)31(22-6-4-3-5-7-22)35-15-14-23-16-26(11-13-29(23)35)34-32(37)24-10-8-21(2)28(33)18-24/h3-18,30-31,36H,19H2,1-2H3,(H,34,37)(H,38,39,40)/t30-,31-/m0/s1. The van der Waals surface area contributed by atoms with Gasteiger partial charge in [-0.1, -0.05) is 54.1 Å². The van der Waals surface area contributed by atoms with Crippen LogP contribution in [0.1, 0.15) is 38.7 Å². The molecule has 210 valence electrons. The fourth-order valence-corrected chi connectivity index (χ4v) is 5.72. The normalized spacial score (nSPS) is 13.2. The number of aliphatic hydroxyl groups excluding tert-OH is 1. The van der Waals surface area contributed by atoms with Crippen LogP contribution in [0.3, 0.4) is 0 Å². The summed E-state index contributed by atoms with van der Waals surface area (Å²) in [5, 5.41) is 15.9. The van der Waals surface area contributed by atoms with Crippen LogP contribution in [-0.2, 0) is 16.5 Å². The summed E-state index contributed by atoms with van der Waals surface area (Å²) in [4.78, 5) is 12.6. The fourth-order valence-electron chi connectivity index (χ4n) is 5.01. The quantitative estimate of drug-likeness (QED) is 0.177. The number of hydrogen-bond acceptors (Lipinski definition) is 4. The number of aryl methyl sites for hydroxylation is 2. The molecule has 0 saturated carbocycles. The molecule has 0 aliphatic rings. The first-order valence-electron chi connectivity index (χ1n) is 13.0. The molecule has 1 heterocycles. The highest BCUT2D eigenvalue weighted by molar-refractivity contribution is 7.85. The van der Waals surface area contributed by atoms with Gasteiger partial charge in [0.2, 0.25) is 0 Å². The maximum Gasteiger partial charge on any atom is 0.294 e. The molecule has 0 aliphatic heterocycles. The maximum absolute atomic E-state index is 12.8. The number of hydrogen-bond donors (Lipinski definition) is 3. The van der Waals surface area contributed by atoms with Crippen LogP contribution < -0.4 is 5.32 Å². The summed E-state index contributed by atoms with van der Waals surface area (Å²) >= 11 is 6.19. The smallest absolute Gasteiger partial charge is 0.294 e. The number of halogens is 1. The van der Waals surface area contributed by atoms with E-state index in [2.05, 4.69) is 5.32 Å². The van der Waals surface area contributed by atoms with E-state index in [0.29, 0.717) is 21.8 Å². The van der Waals surface area contributed by atoms with E-state index in [-0.39, 0.29) is 17.2 Å². The molecule has 5 rings (SSSR count). The first-order valence-corrected chi connectivity index (χ1v) is 14.8. The fraction of sp³-hybridized carbons (Fsp3) is 0.156. The molecule has 0 bridgehead atoms. The lowest BCUT2D eigenvalue weighted by Gasteiger charge is -2.27. The van der Waals surface area contributed by atoms with Crippen molar-refractivity contribution in [1.29, 1.82) is 0 Å². The first kappa shape index (κ1) is 28.6. The second-order valence-electron chi connectivity index (χ2n) is 10.1. The zero-order valence-corrected chi connectivity index (χ0v) is 24.0. The summed E-state index contributed by atoms with van der Waals surface area (Å²) in [5.41, 5.74) is 5.10. The summed E-state index contributed by atoms with van der Waals surface area (Å²) in [6.07, 6.45) is 1.11. The van der Waals surface area contributed by atoms with Gasteiger partial charge in [-0.25, -0.2) is 0 Å². The Kier molecular flexibility index (Phi) is 8.02. The molecule has 3 N–H and O–H groups in total. The van der Waals surface area contributed by atoms with Crippen LogP contribution in [0.4, 0.5) is 5.69 Å². The van der Waals surface area contributed by atoms with Crippen LogP contribution in [-0.4, -0.2) is 34.7 Å². The number of carbonyl (C=O) groups excluding carboxylic acids is 1. The third kappa shape index (κ3) is 6.21. The lowest BCUT2D eigenvalue weighted by molar-refractivity contribution is 0.102. The SMILES string of the molecule is Cc1ccc(C(=O)Nc2ccc3c(ccn3[C@@H](c3ccccc3)[C@@H](O)Cc3cc(S(=O)(=O)O)ccc3C)c2)cc1Cl. The predicted octanol–water partition coefficient (Wildman–Crippen LogP) is 6.60. The highest BCUT2D eigenvalue weighted by Crippen LogP contribution is 2.32. The van der Waals surface area contributed by atoms with Gasteiger partial charge in [0.25, 0.3) is 16.0 Å². The topological polar surface area (TPSA) is 109 Å². The van der Waals surface area contributed by atoms with E-state index in [1.54, 1.807) is 30.3 Å². The number of rotatable bonds is 8. The Balaban J connectivity index is 1.47. The number of nitrogens with one attached hydrogen (secondary N) is 1. The monoisotopic (exact) mass is 588 g/mol. The molecule has 0 aliphatic carbocycles. The van der Waals surface area contributed by atoms with Gasteiger partial charge in [-0.3, -0.25) is 9.35 Å². The molecular weight excluding hydrogens is 560 g/mol. The second-order valence-corrected chi connectivity index (χ2v) is 11.9. The Labute approximate surface area is 243 Å². The molecule has 9 heteroatoms. The summed E-state index contributed by atoms with van der Waals surface area (Å²) in [7, 11) is -4.38. The Hall–Kier alpha value is -3.95. The van der Waals surface area contributed by atoms with Crippen molar-refractivity contribution in [1.82, 2.24) is 4.57 Å².